The molecule has 1 nitrogen and oxygen atoms in total. The summed E-state index contributed by atoms with van der Waals surface area (Å²) in [7, 11) is 0. The van der Waals surface area contributed by atoms with Crippen molar-refractivity contribution < 1.29 is 4.79 Å². The van der Waals surface area contributed by atoms with Gasteiger partial charge in [0.1, 0.15) is 5.78 Å². The number of rotatable bonds is 2. The third kappa shape index (κ3) is 2.32. The van der Waals surface area contributed by atoms with E-state index in [2.05, 4.69) is 54.5 Å². The normalized spacial score (nSPS) is 49.7. The van der Waals surface area contributed by atoms with Crippen LogP contribution in [0, 0.1) is 45.3 Å². The van der Waals surface area contributed by atoms with Crippen molar-refractivity contribution in [2.24, 2.45) is 45.3 Å². The molecular weight excluding hydrogens is 328 g/mol. The molecule has 0 heterocycles. The minimum atomic E-state index is -0.147. The molecule has 0 radical (unpaired) electrons. The number of carbonyl (C=O) groups is 1. The van der Waals surface area contributed by atoms with Gasteiger partial charge >= 0.3 is 0 Å². The quantitative estimate of drug-likeness (QED) is 0.469. The molecule has 4 rings (SSSR count). The minimum absolute atomic E-state index is 0.147. The zero-order valence-electron chi connectivity index (χ0n) is 19.0. The molecule has 0 saturated heterocycles. The molecule has 0 unspecified atom stereocenters. The van der Waals surface area contributed by atoms with Crippen LogP contribution < -0.4 is 0 Å². The molecule has 0 aromatic rings. The number of carbonyl (C=O) groups excluding carboxylic acids is 1. The predicted octanol–water partition coefficient (Wildman–Crippen LogP) is 7.21. The first-order chi connectivity index (χ1) is 12.5. The second-order valence-electron chi connectivity index (χ2n) is 12.0. The van der Waals surface area contributed by atoms with Gasteiger partial charge in [-0.3, -0.25) is 4.79 Å². The monoisotopic (exact) mass is 370 g/mol. The van der Waals surface area contributed by atoms with Crippen molar-refractivity contribution in [3.8, 4) is 0 Å². The van der Waals surface area contributed by atoms with E-state index in [1.807, 2.05) is 5.57 Å². The molecule has 0 aromatic carbocycles. The van der Waals surface area contributed by atoms with E-state index >= 15 is 0 Å². The maximum absolute atomic E-state index is 12.7. The first kappa shape index (κ1) is 19.7. The fraction of sp³-hybridized carbons (Fsp3) is 0.885. The summed E-state index contributed by atoms with van der Waals surface area (Å²) in [6.45, 7) is 17.2. The van der Waals surface area contributed by atoms with Gasteiger partial charge in [-0.2, -0.15) is 0 Å². The lowest BCUT2D eigenvalue weighted by Crippen LogP contribution is -2.57. The minimum Gasteiger partial charge on any atom is -0.299 e. The van der Waals surface area contributed by atoms with E-state index in [1.54, 1.807) is 0 Å². The summed E-state index contributed by atoms with van der Waals surface area (Å²) >= 11 is 0. The molecule has 0 aliphatic heterocycles. The van der Waals surface area contributed by atoms with Gasteiger partial charge in [-0.1, -0.05) is 66.5 Å². The fourth-order valence-electron chi connectivity index (χ4n) is 8.75. The molecule has 0 amide bonds. The molecule has 0 spiro atoms. The van der Waals surface area contributed by atoms with Crippen molar-refractivity contribution in [1.82, 2.24) is 0 Å². The van der Waals surface area contributed by atoms with Gasteiger partial charge in [-0.25, -0.2) is 0 Å². The van der Waals surface area contributed by atoms with Crippen LogP contribution in [0.1, 0.15) is 99.8 Å². The molecule has 4 aliphatic carbocycles. The van der Waals surface area contributed by atoms with Crippen molar-refractivity contribution in [1.29, 1.82) is 0 Å². The highest BCUT2D eigenvalue weighted by Crippen LogP contribution is 2.73. The van der Waals surface area contributed by atoms with Gasteiger partial charge in [0.2, 0.25) is 0 Å². The number of fused-ring (bicyclic) bond motifs is 5. The van der Waals surface area contributed by atoms with E-state index in [0.717, 1.165) is 31.1 Å². The van der Waals surface area contributed by atoms with Crippen molar-refractivity contribution in [3.63, 3.8) is 0 Å². The van der Waals surface area contributed by atoms with Crippen molar-refractivity contribution in [3.05, 3.63) is 11.6 Å². The van der Waals surface area contributed by atoms with E-state index in [-0.39, 0.29) is 5.41 Å². The maximum Gasteiger partial charge on any atom is 0.138 e. The number of hydrogen-bond acceptors (Lipinski definition) is 1. The lowest BCUT2D eigenvalue weighted by molar-refractivity contribution is -0.146. The number of Topliss-reactive ketones (excluding diaryl/α,β-unsaturated/α-hetero) is 1. The second-order valence-corrected chi connectivity index (χ2v) is 12.0. The van der Waals surface area contributed by atoms with Crippen LogP contribution in [0.15, 0.2) is 11.6 Å². The molecule has 152 valence electrons. The third-order valence-electron chi connectivity index (χ3n) is 11.0. The molecule has 3 fully saturated rings. The zero-order valence-corrected chi connectivity index (χ0v) is 19.0. The highest BCUT2D eigenvalue weighted by Gasteiger charge is 2.65. The van der Waals surface area contributed by atoms with Gasteiger partial charge in [0.05, 0.1) is 0 Å². The molecule has 7 atom stereocenters. The van der Waals surface area contributed by atoms with Crippen molar-refractivity contribution >= 4 is 5.78 Å². The largest absolute Gasteiger partial charge is 0.299 e. The predicted molar refractivity (Wildman–Crippen MR) is 113 cm³/mol. The average molecular weight is 371 g/mol. The molecule has 1 heteroatoms. The Labute approximate surface area is 167 Å². The van der Waals surface area contributed by atoms with Crippen LogP contribution in [0.3, 0.4) is 0 Å². The van der Waals surface area contributed by atoms with Crippen LogP contribution in [-0.2, 0) is 4.79 Å². The Morgan fingerprint density at radius 3 is 2.44 bits per heavy atom. The van der Waals surface area contributed by atoms with Gasteiger partial charge in [0, 0.05) is 11.8 Å². The van der Waals surface area contributed by atoms with Crippen molar-refractivity contribution in [2.45, 2.75) is 99.8 Å². The SMILES string of the molecule is CC[C@@H](C)[C@@H]1CC[C@]2(C)C3=CC[C@H]4C(C)(C)C(=O)CC[C@]4(C)[C@H]3CC[C@@]12C. The van der Waals surface area contributed by atoms with Gasteiger partial charge in [0.15, 0.2) is 0 Å². The highest BCUT2D eigenvalue weighted by atomic mass is 16.1. The summed E-state index contributed by atoms with van der Waals surface area (Å²) in [5.41, 5.74) is 2.83. The second kappa shape index (κ2) is 5.96. The molecule has 0 bridgehead atoms. The fourth-order valence-corrected chi connectivity index (χ4v) is 8.75. The van der Waals surface area contributed by atoms with Gasteiger partial charge in [-0.05, 0) is 78.4 Å². The lowest BCUT2D eigenvalue weighted by atomic mass is 9.41. The van der Waals surface area contributed by atoms with E-state index in [4.69, 9.17) is 0 Å². The zero-order chi connectivity index (χ0) is 19.8. The number of allylic oxidation sites excluding steroid dienone is 2. The van der Waals surface area contributed by atoms with E-state index < -0.39 is 0 Å². The van der Waals surface area contributed by atoms with Crippen LogP contribution in [-0.4, -0.2) is 5.78 Å². The average Bonchev–Trinajstić information content (AvgIpc) is 2.90. The summed E-state index contributed by atoms with van der Waals surface area (Å²) in [6.07, 6.45) is 12.5. The first-order valence-corrected chi connectivity index (χ1v) is 11.8. The smallest absolute Gasteiger partial charge is 0.138 e. The number of ketones is 1. The Morgan fingerprint density at radius 1 is 1.07 bits per heavy atom. The summed E-state index contributed by atoms with van der Waals surface area (Å²) in [5, 5.41) is 0. The summed E-state index contributed by atoms with van der Waals surface area (Å²) in [6, 6.07) is 0. The van der Waals surface area contributed by atoms with Crippen molar-refractivity contribution in [2.75, 3.05) is 0 Å². The van der Waals surface area contributed by atoms with Gasteiger partial charge in [-0.15, -0.1) is 0 Å². The van der Waals surface area contributed by atoms with Gasteiger partial charge < -0.3 is 0 Å². The van der Waals surface area contributed by atoms with Crippen LogP contribution in [0.5, 0.6) is 0 Å². The topological polar surface area (TPSA) is 17.1 Å². The van der Waals surface area contributed by atoms with E-state index in [1.165, 1.54) is 32.1 Å². The Morgan fingerprint density at radius 2 is 1.78 bits per heavy atom. The Balaban J connectivity index is 1.75. The van der Waals surface area contributed by atoms with Crippen LogP contribution in [0.25, 0.3) is 0 Å². The first-order valence-electron chi connectivity index (χ1n) is 11.8. The van der Waals surface area contributed by atoms with Crippen LogP contribution >= 0.6 is 0 Å². The molecule has 0 aromatic heterocycles. The maximum atomic E-state index is 12.7. The van der Waals surface area contributed by atoms with E-state index in [9.17, 15) is 4.79 Å². The lowest BCUT2D eigenvalue weighted by Gasteiger charge is -2.63. The Bertz CT molecular complexity index is 672. The molecular formula is C26H42O. The highest BCUT2D eigenvalue weighted by molar-refractivity contribution is 5.85. The molecule has 27 heavy (non-hydrogen) atoms. The van der Waals surface area contributed by atoms with Crippen LogP contribution in [0.2, 0.25) is 0 Å². The molecule has 3 saturated carbocycles. The molecule has 4 aliphatic rings. The van der Waals surface area contributed by atoms with E-state index in [0.29, 0.717) is 33.9 Å². The third-order valence-corrected chi connectivity index (χ3v) is 11.0. The van der Waals surface area contributed by atoms with Crippen LogP contribution in [0.4, 0.5) is 0 Å². The molecule has 0 N–H and O–H groups in total. The summed E-state index contributed by atoms with van der Waals surface area (Å²) < 4.78 is 0. The van der Waals surface area contributed by atoms with Gasteiger partial charge in [0.25, 0.3) is 0 Å². The standard InChI is InChI=1S/C26H42O/c1-8-17(2)18-11-15-26(7)20-9-10-21-23(3,4)22(27)13-14-24(21,5)19(20)12-16-25(18,26)6/h9,17-19,21H,8,10-16H2,1-7H3/t17-,18+,19+,21+,24-,25+,26-/m1/s1. The summed E-state index contributed by atoms with van der Waals surface area (Å²) in [4.78, 5) is 12.7. The summed E-state index contributed by atoms with van der Waals surface area (Å²) in [5.74, 6) is 3.46. The Kier molecular flexibility index (Phi) is 4.35. The number of hydrogen-bond donors (Lipinski definition) is 0. The Hall–Kier alpha value is -0.590.